The summed E-state index contributed by atoms with van der Waals surface area (Å²) in [4.78, 5) is 7.72. The summed E-state index contributed by atoms with van der Waals surface area (Å²) < 4.78 is 5.19. The Morgan fingerprint density at radius 1 is 1.58 bits per heavy atom. The number of rotatable bonds is 2. The van der Waals surface area contributed by atoms with Crippen LogP contribution in [0.25, 0.3) is 0 Å². The van der Waals surface area contributed by atoms with Gasteiger partial charge in [0, 0.05) is 6.20 Å². The molecule has 1 aromatic rings. The van der Waals surface area contributed by atoms with Crippen LogP contribution in [0.5, 0.6) is 6.01 Å². The van der Waals surface area contributed by atoms with E-state index in [1.165, 1.54) is 0 Å². The Kier molecular flexibility index (Phi) is 5.20. The molecule has 0 saturated carbocycles. The Labute approximate surface area is 95.3 Å². The molecule has 1 aromatic heterocycles. The van der Waals surface area contributed by atoms with E-state index in [1.54, 1.807) is 12.3 Å². The molecule has 2 N–H and O–H groups in total. The molecule has 62 valence electrons. The van der Waals surface area contributed by atoms with Crippen LogP contribution in [0.3, 0.4) is 0 Å². The Morgan fingerprint density at radius 2 is 2.25 bits per heavy atom. The Morgan fingerprint density at radius 3 is 2.75 bits per heavy atom. The molecular formula is C7H12N3NaO. The van der Waals surface area contributed by atoms with Crippen LogP contribution in [0.1, 0.15) is 15.3 Å². The second kappa shape index (κ2) is 5.35. The average Bonchev–Trinajstić information content (AvgIpc) is 1.85. The first-order valence-corrected chi connectivity index (χ1v) is 3.43. The maximum Gasteiger partial charge on any atom is 1.00 e. The molecule has 0 atom stereocenters. The van der Waals surface area contributed by atoms with Gasteiger partial charge < -0.3 is 11.9 Å². The third-order valence-electron chi connectivity index (χ3n) is 0.996. The van der Waals surface area contributed by atoms with Gasteiger partial charge in [0.25, 0.3) is 0 Å². The topological polar surface area (TPSA) is 61.0 Å². The molecule has 4 nitrogen and oxygen atoms in total. The molecule has 1 rings (SSSR count). The molecule has 12 heavy (non-hydrogen) atoms. The number of anilines is 1. The standard InChI is InChI=1S/C7H11N3O.Na.H/c1-5(2)11-7-9-4-3-6(8)10-7;;/h3-5H,1-2H3,(H2,8,9,10);;/q;+1;-1. The molecule has 0 aromatic carbocycles. The maximum absolute atomic E-state index is 5.40. The van der Waals surface area contributed by atoms with Gasteiger partial charge in [0.05, 0.1) is 6.10 Å². The van der Waals surface area contributed by atoms with Crippen LogP contribution in [0, 0.1) is 0 Å². The molecule has 0 amide bonds. The molecule has 0 saturated heterocycles. The zero-order chi connectivity index (χ0) is 8.27. The van der Waals surface area contributed by atoms with E-state index in [4.69, 9.17) is 10.5 Å². The van der Waals surface area contributed by atoms with Gasteiger partial charge in [-0.15, -0.1) is 0 Å². The van der Waals surface area contributed by atoms with Crippen molar-refractivity contribution in [2.75, 3.05) is 5.73 Å². The molecule has 5 heteroatoms. The molecular weight excluding hydrogens is 165 g/mol. The minimum atomic E-state index is 0. The fraction of sp³-hybridized carbons (Fsp3) is 0.429. The van der Waals surface area contributed by atoms with Crippen molar-refractivity contribution in [1.82, 2.24) is 9.97 Å². The first kappa shape index (κ1) is 11.7. The average molecular weight is 177 g/mol. The fourth-order valence-electron chi connectivity index (χ4n) is 0.622. The second-order valence-electron chi connectivity index (χ2n) is 2.43. The van der Waals surface area contributed by atoms with Crippen LogP contribution in [-0.2, 0) is 0 Å². The molecule has 0 unspecified atom stereocenters. The normalized spacial score (nSPS) is 9.25. The van der Waals surface area contributed by atoms with Crippen LogP contribution in [0.15, 0.2) is 12.3 Å². The van der Waals surface area contributed by atoms with Crippen molar-refractivity contribution < 1.29 is 35.7 Å². The SMILES string of the molecule is CC(C)Oc1nccc(N)n1.[H-].[Na+]. The van der Waals surface area contributed by atoms with Gasteiger partial charge in [0.1, 0.15) is 5.82 Å². The summed E-state index contributed by atoms with van der Waals surface area (Å²) in [7, 11) is 0. The Hall–Kier alpha value is -0.320. The quantitative estimate of drug-likeness (QED) is 0.529. The van der Waals surface area contributed by atoms with Gasteiger partial charge in [-0.3, -0.25) is 0 Å². The molecule has 0 aliphatic carbocycles. The van der Waals surface area contributed by atoms with Crippen LogP contribution < -0.4 is 40.0 Å². The van der Waals surface area contributed by atoms with E-state index in [1.807, 2.05) is 13.8 Å². The predicted octanol–water partition coefficient (Wildman–Crippen LogP) is -2.04. The summed E-state index contributed by atoms with van der Waals surface area (Å²) >= 11 is 0. The number of nitrogens with zero attached hydrogens (tertiary/aromatic N) is 2. The van der Waals surface area contributed by atoms with Gasteiger partial charge in [-0.2, -0.15) is 4.98 Å². The summed E-state index contributed by atoms with van der Waals surface area (Å²) in [5, 5.41) is 0. The minimum absolute atomic E-state index is 0. The monoisotopic (exact) mass is 177 g/mol. The maximum atomic E-state index is 5.40. The van der Waals surface area contributed by atoms with Crippen molar-refractivity contribution in [3.63, 3.8) is 0 Å². The van der Waals surface area contributed by atoms with Crippen LogP contribution in [0.2, 0.25) is 0 Å². The summed E-state index contributed by atoms with van der Waals surface area (Å²) in [6.45, 7) is 3.82. The van der Waals surface area contributed by atoms with Crippen molar-refractivity contribution in [1.29, 1.82) is 0 Å². The smallest absolute Gasteiger partial charge is 1.00 e. The van der Waals surface area contributed by atoms with Crippen LogP contribution >= 0.6 is 0 Å². The minimum Gasteiger partial charge on any atom is -1.00 e. The van der Waals surface area contributed by atoms with Crippen molar-refractivity contribution >= 4 is 5.82 Å². The number of aromatic nitrogens is 2. The van der Waals surface area contributed by atoms with Crippen LogP contribution in [-0.4, -0.2) is 16.1 Å². The number of hydrogen-bond donors (Lipinski definition) is 1. The van der Waals surface area contributed by atoms with Gasteiger partial charge in [0.2, 0.25) is 0 Å². The van der Waals surface area contributed by atoms with E-state index in [-0.39, 0.29) is 37.1 Å². The number of hydrogen-bond acceptors (Lipinski definition) is 4. The summed E-state index contributed by atoms with van der Waals surface area (Å²) in [5.74, 6) is 0.427. The predicted molar refractivity (Wildman–Crippen MR) is 43.3 cm³/mol. The van der Waals surface area contributed by atoms with Crippen molar-refractivity contribution in [3.05, 3.63) is 12.3 Å². The molecule has 0 fully saturated rings. The molecule has 0 radical (unpaired) electrons. The van der Waals surface area contributed by atoms with Crippen molar-refractivity contribution in [2.24, 2.45) is 0 Å². The van der Waals surface area contributed by atoms with Gasteiger partial charge in [-0.25, -0.2) is 4.98 Å². The first-order chi connectivity index (χ1) is 5.18. The van der Waals surface area contributed by atoms with Crippen LogP contribution in [0.4, 0.5) is 5.82 Å². The van der Waals surface area contributed by atoms with Gasteiger partial charge >= 0.3 is 35.6 Å². The van der Waals surface area contributed by atoms with E-state index >= 15 is 0 Å². The van der Waals surface area contributed by atoms with E-state index in [0.717, 1.165) is 0 Å². The zero-order valence-electron chi connectivity index (χ0n) is 8.61. The van der Waals surface area contributed by atoms with Gasteiger partial charge in [-0.1, -0.05) is 0 Å². The van der Waals surface area contributed by atoms with Crippen molar-refractivity contribution in [2.45, 2.75) is 20.0 Å². The van der Waals surface area contributed by atoms with Crippen molar-refractivity contribution in [3.8, 4) is 6.01 Å². The van der Waals surface area contributed by atoms with E-state index in [0.29, 0.717) is 11.8 Å². The number of ether oxygens (including phenoxy) is 1. The summed E-state index contributed by atoms with van der Waals surface area (Å²) in [5.41, 5.74) is 5.40. The number of nitrogen functional groups attached to an aromatic ring is 1. The zero-order valence-corrected chi connectivity index (χ0v) is 9.61. The third kappa shape index (κ3) is 3.90. The van der Waals surface area contributed by atoms with E-state index < -0.39 is 0 Å². The van der Waals surface area contributed by atoms with E-state index in [2.05, 4.69) is 9.97 Å². The van der Waals surface area contributed by atoms with E-state index in [9.17, 15) is 0 Å². The fourth-order valence-corrected chi connectivity index (χ4v) is 0.622. The Balaban J connectivity index is 0. The molecule has 0 bridgehead atoms. The second-order valence-corrected chi connectivity index (χ2v) is 2.43. The molecule has 0 aliphatic rings. The number of nitrogens with two attached hydrogens (primary N) is 1. The first-order valence-electron chi connectivity index (χ1n) is 3.43. The molecule has 1 heterocycles. The van der Waals surface area contributed by atoms with Gasteiger partial charge in [0.15, 0.2) is 0 Å². The summed E-state index contributed by atoms with van der Waals surface area (Å²) in [6, 6.07) is 1.95. The third-order valence-corrected chi connectivity index (χ3v) is 0.996. The summed E-state index contributed by atoms with van der Waals surface area (Å²) in [6.07, 6.45) is 1.65. The Bertz CT molecular complexity index is 247. The molecule has 0 spiro atoms. The van der Waals surface area contributed by atoms with Gasteiger partial charge in [-0.05, 0) is 19.9 Å². The molecule has 0 aliphatic heterocycles. The largest absolute Gasteiger partial charge is 1.00 e.